The average Bonchev–Trinajstić information content (AvgIpc) is 3.77. The molecule has 3 aromatic rings. The lowest BCUT2D eigenvalue weighted by Crippen LogP contribution is -2.44. The van der Waals surface area contributed by atoms with E-state index >= 15 is 4.39 Å². The van der Waals surface area contributed by atoms with E-state index in [2.05, 4.69) is 17.1 Å². The van der Waals surface area contributed by atoms with E-state index in [4.69, 9.17) is 4.98 Å². The minimum Gasteiger partial charge on any atom is -0.350 e. The molecule has 1 amide bonds. The predicted octanol–water partition coefficient (Wildman–Crippen LogP) is 4.83. The van der Waals surface area contributed by atoms with Gasteiger partial charge >= 0.3 is 0 Å². The molecule has 1 saturated heterocycles. The van der Waals surface area contributed by atoms with Crippen LogP contribution < -0.4 is 4.90 Å². The lowest BCUT2D eigenvalue weighted by atomic mass is 9.95. The zero-order chi connectivity index (χ0) is 24.1. The van der Waals surface area contributed by atoms with Crippen LogP contribution in [0.5, 0.6) is 0 Å². The predicted molar refractivity (Wildman–Crippen MR) is 133 cm³/mol. The first-order valence-electron chi connectivity index (χ1n) is 12.5. The van der Waals surface area contributed by atoms with Crippen LogP contribution in [0.1, 0.15) is 49.8 Å². The van der Waals surface area contributed by atoms with Gasteiger partial charge in [-0.05, 0) is 55.7 Å². The fourth-order valence-corrected chi connectivity index (χ4v) is 5.31. The summed E-state index contributed by atoms with van der Waals surface area (Å²) in [6, 6.07) is 12.2. The molecular formula is C28H28FN5O. The normalized spacial score (nSPS) is 22.7. The van der Waals surface area contributed by atoms with Crippen LogP contribution >= 0.6 is 0 Å². The zero-order valence-electron chi connectivity index (χ0n) is 19.8. The number of hydrogen-bond donors (Lipinski definition) is 0. The van der Waals surface area contributed by atoms with Gasteiger partial charge in [-0.3, -0.25) is 9.78 Å². The number of anilines is 1. The molecule has 2 aliphatic carbocycles. The van der Waals surface area contributed by atoms with Crippen molar-refractivity contribution in [3.8, 4) is 17.2 Å². The molecule has 3 fully saturated rings. The zero-order valence-corrected chi connectivity index (χ0v) is 19.8. The summed E-state index contributed by atoms with van der Waals surface area (Å²) < 4.78 is 15.1. The third-order valence-corrected chi connectivity index (χ3v) is 7.43. The molecule has 0 radical (unpaired) electrons. The van der Waals surface area contributed by atoms with E-state index in [-0.39, 0.29) is 31.0 Å². The fraction of sp³-hybridized carbons (Fsp3) is 0.429. The first kappa shape index (κ1) is 22.0. The van der Waals surface area contributed by atoms with Crippen molar-refractivity contribution >= 4 is 22.5 Å². The first-order chi connectivity index (χ1) is 17.0. The minimum atomic E-state index is -1.19. The van der Waals surface area contributed by atoms with E-state index in [1.165, 1.54) is 0 Å². The van der Waals surface area contributed by atoms with E-state index in [1.807, 2.05) is 42.3 Å². The maximum atomic E-state index is 15.1. The second kappa shape index (κ2) is 8.60. The van der Waals surface area contributed by atoms with E-state index in [0.717, 1.165) is 53.3 Å². The number of pyridine rings is 2. The van der Waals surface area contributed by atoms with Gasteiger partial charge in [-0.25, -0.2) is 9.37 Å². The Kier molecular flexibility index (Phi) is 5.40. The van der Waals surface area contributed by atoms with Gasteiger partial charge in [0.1, 0.15) is 18.1 Å². The van der Waals surface area contributed by atoms with Crippen LogP contribution in [-0.4, -0.2) is 52.6 Å². The highest BCUT2D eigenvalue weighted by atomic mass is 19.1. The summed E-state index contributed by atoms with van der Waals surface area (Å²) >= 11 is 0. The Balaban J connectivity index is 1.42. The quantitative estimate of drug-likeness (QED) is 0.547. The molecule has 0 bridgehead atoms. The molecule has 3 aliphatic rings. The van der Waals surface area contributed by atoms with Crippen LogP contribution in [-0.2, 0) is 4.79 Å². The number of carbonyl (C=O) groups is 1. The van der Waals surface area contributed by atoms with Gasteiger partial charge in [0.05, 0.1) is 24.3 Å². The van der Waals surface area contributed by atoms with Gasteiger partial charge in [-0.1, -0.05) is 18.2 Å². The molecule has 178 valence electrons. The second-order valence-electron chi connectivity index (χ2n) is 10.2. The lowest BCUT2D eigenvalue weighted by Gasteiger charge is -2.30. The number of nitriles is 1. The monoisotopic (exact) mass is 469 g/mol. The number of nitrogens with zero attached hydrogens (tertiary/aromatic N) is 5. The molecule has 1 aromatic carbocycles. The number of rotatable bonds is 4. The maximum Gasteiger partial charge on any atom is 0.226 e. The molecule has 7 heteroatoms. The summed E-state index contributed by atoms with van der Waals surface area (Å²) in [5, 5.41) is 12.2. The number of benzene rings is 1. The number of fused-ring (bicyclic) bond motifs is 1. The molecule has 2 unspecified atom stereocenters. The third-order valence-electron chi connectivity index (χ3n) is 7.43. The molecule has 3 heterocycles. The molecule has 0 N–H and O–H groups in total. The number of carbonyl (C=O) groups excluding carboxylic acids is 1. The van der Waals surface area contributed by atoms with Crippen molar-refractivity contribution < 1.29 is 9.18 Å². The SMILES string of the molecule is CC1CN(c2nc(C3CC3)c(-c3cccc4cnccc34)cc2C#N)CC(F)CN1C(=O)C1CC1. The maximum absolute atomic E-state index is 15.1. The van der Waals surface area contributed by atoms with Crippen molar-refractivity contribution in [3.05, 3.63) is 54.0 Å². The molecule has 2 atom stereocenters. The molecule has 2 saturated carbocycles. The number of halogens is 1. The third kappa shape index (κ3) is 4.12. The van der Waals surface area contributed by atoms with Crippen molar-refractivity contribution in [1.29, 1.82) is 5.26 Å². The van der Waals surface area contributed by atoms with Crippen LogP contribution in [0.15, 0.2) is 42.7 Å². The molecule has 6 nitrogen and oxygen atoms in total. The smallest absolute Gasteiger partial charge is 0.226 e. The standard InChI is InChI=1S/C28H28FN5O/c1-17-14-33(15-22(29)16-34(17)28(35)19-7-8-19)27-21(12-30)11-25(26(32-27)18-5-6-18)24-4-2-3-20-13-31-10-9-23(20)24/h2-4,9-11,13,17-19,22H,5-8,14-16H2,1H3. The Hall–Kier alpha value is -3.53. The molecular weight excluding hydrogens is 441 g/mol. The van der Waals surface area contributed by atoms with Crippen LogP contribution in [0.4, 0.5) is 10.2 Å². The van der Waals surface area contributed by atoms with E-state index in [1.54, 1.807) is 11.1 Å². The number of aromatic nitrogens is 2. The van der Waals surface area contributed by atoms with Gasteiger partial charge in [0, 0.05) is 47.8 Å². The van der Waals surface area contributed by atoms with Crippen molar-refractivity contribution in [2.75, 3.05) is 24.5 Å². The van der Waals surface area contributed by atoms with Crippen LogP contribution in [0.25, 0.3) is 21.9 Å². The Labute approximate surface area is 204 Å². The van der Waals surface area contributed by atoms with Gasteiger partial charge in [-0.15, -0.1) is 0 Å². The van der Waals surface area contributed by atoms with Crippen LogP contribution in [0, 0.1) is 17.2 Å². The largest absolute Gasteiger partial charge is 0.350 e. The summed E-state index contributed by atoms with van der Waals surface area (Å²) in [6.07, 6.45) is 6.36. The van der Waals surface area contributed by atoms with Crippen LogP contribution in [0.2, 0.25) is 0 Å². The van der Waals surface area contributed by atoms with E-state index < -0.39 is 6.17 Å². The van der Waals surface area contributed by atoms with Gasteiger partial charge in [0.15, 0.2) is 0 Å². The highest BCUT2D eigenvalue weighted by molar-refractivity contribution is 5.97. The highest BCUT2D eigenvalue weighted by Crippen LogP contribution is 2.46. The highest BCUT2D eigenvalue weighted by Gasteiger charge is 2.39. The molecule has 6 rings (SSSR count). The fourth-order valence-electron chi connectivity index (χ4n) is 5.31. The average molecular weight is 470 g/mol. The van der Waals surface area contributed by atoms with Gasteiger partial charge in [0.25, 0.3) is 0 Å². The Bertz CT molecular complexity index is 1340. The van der Waals surface area contributed by atoms with Gasteiger partial charge < -0.3 is 9.80 Å². The van der Waals surface area contributed by atoms with E-state index in [0.29, 0.717) is 23.8 Å². The molecule has 0 spiro atoms. The summed E-state index contributed by atoms with van der Waals surface area (Å²) in [4.78, 5) is 25.7. The molecule has 35 heavy (non-hydrogen) atoms. The Morgan fingerprint density at radius 3 is 2.69 bits per heavy atom. The topological polar surface area (TPSA) is 73.1 Å². The Morgan fingerprint density at radius 1 is 1.11 bits per heavy atom. The first-order valence-corrected chi connectivity index (χ1v) is 12.5. The van der Waals surface area contributed by atoms with Crippen molar-refractivity contribution in [1.82, 2.24) is 14.9 Å². The van der Waals surface area contributed by atoms with Crippen molar-refractivity contribution in [3.63, 3.8) is 0 Å². The summed E-state index contributed by atoms with van der Waals surface area (Å²) in [5.41, 5.74) is 3.42. The van der Waals surface area contributed by atoms with Crippen molar-refractivity contribution in [2.24, 2.45) is 5.92 Å². The number of hydrogen-bond acceptors (Lipinski definition) is 5. The summed E-state index contributed by atoms with van der Waals surface area (Å²) in [5.74, 6) is 0.998. The number of alkyl halides is 1. The van der Waals surface area contributed by atoms with Crippen molar-refractivity contribution in [2.45, 2.75) is 50.7 Å². The second-order valence-corrected chi connectivity index (χ2v) is 10.2. The van der Waals surface area contributed by atoms with Crippen LogP contribution in [0.3, 0.4) is 0 Å². The summed E-state index contributed by atoms with van der Waals surface area (Å²) in [6.45, 7) is 2.66. The molecule has 1 aliphatic heterocycles. The van der Waals surface area contributed by atoms with Gasteiger partial charge in [-0.2, -0.15) is 5.26 Å². The minimum absolute atomic E-state index is 0.0562. The van der Waals surface area contributed by atoms with E-state index in [9.17, 15) is 10.1 Å². The van der Waals surface area contributed by atoms with Gasteiger partial charge in [0.2, 0.25) is 5.91 Å². The number of amides is 1. The lowest BCUT2D eigenvalue weighted by molar-refractivity contribution is -0.134. The Morgan fingerprint density at radius 2 is 1.94 bits per heavy atom. The molecule has 2 aromatic heterocycles. The summed E-state index contributed by atoms with van der Waals surface area (Å²) in [7, 11) is 0.